The second-order valence-corrected chi connectivity index (χ2v) is 4.52. The molecule has 2 aliphatic heterocycles. The molecular formula is C10H16O4. The number of aliphatic hydroxyl groups is 1. The van der Waals surface area contributed by atoms with Crippen LogP contribution >= 0.6 is 0 Å². The zero-order valence-electron chi connectivity index (χ0n) is 8.31. The van der Waals surface area contributed by atoms with Crippen LogP contribution in [-0.4, -0.2) is 35.5 Å². The topological polar surface area (TPSA) is 47.9 Å². The van der Waals surface area contributed by atoms with E-state index in [1.165, 1.54) is 0 Å². The zero-order chi connectivity index (χ0) is 9.76. The van der Waals surface area contributed by atoms with Gasteiger partial charge in [0.05, 0.1) is 6.10 Å². The maximum atomic E-state index is 9.78. The quantitative estimate of drug-likeness (QED) is 0.627. The summed E-state index contributed by atoms with van der Waals surface area (Å²) in [7, 11) is 0. The summed E-state index contributed by atoms with van der Waals surface area (Å²) in [6.07, 6.45) is 2.82. The van der Waals surface area contributed by atoms with Gasteiger partial charge in [0, 0.05) is 12.8 Å². The number of rotatable bonds is 0. The number of fused-ring (bicyclic) bond motifs is 1. The highest BCUT2D eigenvalue weighted by Crippen LogP contribution is 2.45. The molecule has 4 nitrogen and oxygen atoms in total. The van der Waals surface area contributed by atoms with Crippen LogP contribution in [0.3, 0.4) is 0 Å². The first kappa shape index (κ1) is 9.09. The van der Waals surface area contributed by atoms with Gasteiger partial charge in [-0.15, -0.1) is 0 Å². The van der Waals surface area contributed by atoms with Gasteiger partial charge in [0.15, 0.2) is 12.1 Å². The Morgan fingerprint density at radius 2 is 1.93 bits per heavy atom. The largest absolute Gasteiger partial charge is 0.387 e. The van der Waals surface area contributed by atoms with E-state index in [1.807, 2.05) is 6.92 Å². The Kier molecular flexibility index (Phi) is 1.89. The number of hydrogen-bond donors (Lipinski definition) is 1. The first-order valence-electron chi connectivity index (χ1n) is 5.39. The number of aliphatic hydroxyl groups excluding tert-OH is 1. The molecule has 3 aliphatic rings. The van der Waals surface area contributed by atoms with Crippen LogP contribution in [0.15, 0.2) is 0 Å². The molecule has 3 fully saturated rings. The lowest BCUT2D eigenvalue weighted by Crippen LogP contribution is -2.34. The lowest BCUT2D eigenvalue weighted by molar-refractivity contribution is -0.227. The predicted octanol–water partition coefficient (Wildman–Crippen LogP) is 0.778. The van der Waals surface area contributed by atoms with Gasteiger partial charge in [-0.05, 0) is 19.8 Å². The fraction of sp³-hybridized carbons (Fsp3) is 1.00. The van der Waals surface area contributed by atoms with Crippen molar-refractivity contribution in [3.8, 4) is 0 Å². The van der Waals surface area contributed by atoms with Gasteiger partial charge in [0.2, 0.25) is 0 Å². The van der Waals surface area contributed by atoms with Crippen molar-refractivity contribution in [1.29, 1.82) is 0 Å². The second kappa shape index (κ2) is 2.92. The van der Waals surface area contributed by atoms with Crippen molar-refractivity contribution in [3.05, 3.63) is 0 Å². The molecule has 80 valence electrons. The van der Waals surface area contributed by atoms with Crippen LogP contribution in [0.2, 0.25) is 0 Å². The minimum Gasteiger partial charge on any atom is -0.387 e. The lowest BCUT2D eigenvalue weighted by Gasteiger charge is -2.24. The summed E-state index contributed by atoms with van der Waals surface area (Å²) < 4.78 is 17.1. The van der Waals surface area contributed by atoms with Crippen LogP contribution in [0, 0.1) is 0 Å². The molecule has 3 rings (SSSR count). The third kappa shape index (κ3) is 1.15. The van der Waals surface area contributed by atoms with E-state index in [-0.39, 0.29) is 18.5 Å². The van der Waals surface area contributed by atoms with Gasteiger partial charge in [-0.25, -0.2) is 0 Å². The predicted molar refractivity (Wildman–Crippen MR) is 47.5 cm³/mol. The van der Waals surface area contributed by atoms with E-state index in [0.717, 1.165) is 25.7 Å². The van der Waals surface area contributed by atoms with Gasteiger partial charge in [-0.2, -0.15) is 0 Å². The first-order chi connectivity index (χ1) is 6.70. The highest BCUT2D eigenvalue weighted by molar-refractivity contribution is 4.94. The molecule has 2 heterocycles. The van der Waals surface area contributed by atoms with Crippen molar-refractivity contribution in [3.63, 3.8) is 0 Å². The molecule has 1 aliphatic carbocycles. The van der Waals surface area contributed by atoms with Crippen molar-refractivity contribution in [2.24, 2.45) is 0 Å². The smallest absolute Gasteiger partial charge is 0.190 e. The van der Waals surface area contributed by atoms with Crippen molar-refractivity contribution in [2.45, 2.75) is 63.0 Å². The maximum absolute atomic E-state index is 9.78. The molecule has 2 saturated heterocycles. The van der Waals surface area contributed by atoms with Gasteiger partial charge < -0.3 is 19.3 Å². The average molecular weight is 200 g/mol. The average Bonchev–Trinajstić information content (AvgIpc) is 2.79. The van der Waals surface area contributed by atoms with Crippen molar-refractivity contribution < 1.29 is 19.3 Å². The Labute approximate surface area is 83.1 Å². The summed E-state index contributed by atoms with van der Waals surface area (Å²) in [5, 5.41) is 9.78. The summed E-state index contributed by atoms with van der Waals surface area (Å²) in [6, 6.07) is 0. The normalized spacial score (nSPS) is 50.1. The van der Waals surface area contributed by atoms with E-state index in [0.29, 0.717) is 0 Å². The number of ether oxygens (including phenoxy) is 3. The molecule has 0 radical (unpaired) electrons. The molecular weight excluding hydrogens is 184 g/mol. The number of hydrogen-bond acceptors (Lipinski definition) is 4. The Morgan fingerprint density at radius 1 is 1.21 bits per heavy atom. The van der Waals surface area contributed by atoms with Crippen LogP contribution in [0.1, 0.15) is 32.6 Å². The van der Waals surface area contributed by atoms with Crippen LogP contribution in [0.4, 0.5) is 0 Å². The van der Waals surface area contributed by atoms with Gasteiger partial charge in [0.25, 0.3) is 0 Å². The first-order valence-corrected chi connectivity index (χ1v) is 5.39. The van der Waals surface area contributed by atoms with E-state index in [9.17, 15) is 5.11 Å². The summed E-state index contributed by atoms with van der Waals surface area (Å²) in [6.45, 7) is 1.84. The van der Waals surface area contributed by atoms with Crippen LogP contribution in [0.25, 0.3) is 0 Å². The molecule has 0 amide bonds. The molecule has 14 heavy (non-hydrogen) atoms. The third-order valence-electron chi connectivity index (χ3n) is 3.48. The highest BCUT2D eigenvalue weighted by Gasteiger charge is 2.56. The highest BCUT2D eigenvalue weighted by atomic mass is 16.8. The molecule has 1 saturated carbocycles. The summed E-state index contributed by atoms with van der Waals surface area (Å²) in [5.41, 5.74) is 0. The fourth-order valence-corrected chi connectivity index (χ4v) is 2.65. The van der Waals surface area contributed by atoms with E-state index in [4.69, 9.17) is 14.2 Å². The molecule has 4 atom stereocenters. The van der Waals surface area contributed by atoms with Gasteiger partial charge in [-0.1, -0.05) is 0 Å². The summed E-state index contributed by atoms with van der Waals surface area (Å²) >= 11 is 0. The van der Waals surface area contributed by atoms with E-state index in [1.54, 1.807) is 0 Å². The second-order valence-electron chi connectivity index (χ2n) is 4.52. The minimum atomic E-state index is -0.542. The molecule has 0 aromatic carbocycles. The molecule has 0 aromatic rings. The van der Waals surface area contributed by atoms with E-state index >= 15 is 0 Å². The summed E-state index contributed by atoms with van der Waals surface area (Å²) in [5.74, 6) is -0.434. The molecule has 4 heteroatoms. The van der Waals surface area contributed by atoms with Crippen LogP contribution in [-0.2, 0) is 14.2 Å². The molecule has 0 unspecified atom stereocenters. The van der Waals surface area contributed by atoms with Crippen molar-refractivity contribution in [1.82, 2.24) is 0 Å². The monoisotopic (exact) mass is 200 g/mol. The Hall–Kier alpha value is -0.160. The fourth-order valence-electron chi connectivity index (χ4n) is 2.65. The molecule has 1 N–H and O–H groups in total. The zero-order valence-corrected chi connectivity index (χ0v) is 8.31. The van der Waals surface area contributed by atoms with Crippen LogP contribution < -0.4 is 0 Å². The minimum absolute atomic E-state index is 0.177. The third-order valence-corrected chi connectivity index (χ3v) is 3.48. The van der Waals surface area contributed by atoms with Crippen LogP contribution in [0.5, 0.6) is 0 Å². The van der Waals surface area contributed by atoms with E-state index < -0.39 is 11.9 Å². The Morgan fingerprint density at radius 3 is 2.57 bits per heavy atom. The van der Waals surface area contributed by atoms with Gasteiger partial charge in [-0.3, -0.25) is 0 Å². The van der Waals surface area contributed by atoms with Crippen molar-refractivity contribution >= 4 is 0 Å². The van der Waals surface area contributed by atoms with E-state index in [2.05, 4.69) is 0 Å². The summed E-state index contributed by atoms with van der Waals surface area (Å²) in [4.78, 5) is 0. The standard InChI is InChI=1S/C10H16O4/c1-6-7(11)8-9(12-6)14-10(13-8)4-2-3-5-10/h6-9,11H,2-5H2,1H3/t6-,7+,8-,9-/m1/s1. The molecule has 0 bridgehead atoms. The van der Waals surface area contributed by atoms with Crippen molar-refractivity contribution in [2.75, 3.05) is 0 Å². The SMILES string of the molecule is C[C@H]1O[C@@H]2OC3(CCCC3)O[C@@H]2[C@H]1O. The molecule has 0 aromatic heterocycles. The molecule has 1 spiro atoms. The Bertz CT molecular complexity index is 236. The lowest BCUT2D eigenvalue weighted by atomic mass is 10.1. The maximum Gasteiger partial charge on any atom is 0.190 e. The Balaban J connectivity index is 1.77. The van der Waals surface area contributed by atoms with Gasteiger partial charge in [0.1, 0.15) is 12.2 Å². The van der Waals surface area contributed by atoms with Gasteiger partial charge >= 0.3 is 0 Å².